The van der Waals surface area contributed by atoms with Gasteiger partial charge < -0.3 is 10.1 Å². The quantitative estimate of drug-likeness (QED) is 0.690. The molecule has 0 aromatic heterocycles. The van der Waals surface area contributed by atoms with Gasteiger partial charge in [-0.15, -0.1) is 0 Å². The molecular formula is C15H23F2NO. The number of nitrogens with one attached hydrogen (secondary N) is 1. The molecule has 0 atom stereocenters. The highest BCUT2D eigenvalue weighted by Crippen LogP contribution is 2.15. The van der Waals surface area contributed by atoms with E-state index in [1.54, 1.807) is 0 Å². The highest BCUT2D eigenvalue weighted by Gasteiger charge is 2.01. The molecular weight excluding hydrogens is 248 g/mol. The third-order valence-electron chi connectivity index (χ3n) is 2.66. The first kappa shape index (κ1) is 15.9. The van der Waals surface area contributed by atoms with Gasteiger partial charge in [-0.2, -0.15) is 0 Å². The van der Waals surface area contributed by atoms with E-state index in [4.69, 9.17) is 4.74 Å². The second kappa shape index (κ2) is 8.86. The Bertz CT molecular complexity index is 349. The van der Waals surface area contributed by atoms with Crippen molar-refractivity contribution >= 4 is 0 Å². The van der Waals surface area contributed by atoms with E-state index in [1.165, 1.54) is 12.1 Å². The number of rotatable bonds is 9. The number of halogens is 2. The van der Waals surface area contributed by atoms with Crippen molar-refractivity contribution < 1.29 is 13.5 Å². The van der Waals surface area contributed by atoms with Crippen LogP contribution in [0.4, 0.5) is 8.78 Å². The zero-order valence-corrected chi connectivity index (χ0v) is 11.7. The summed E-state index contributed by atoms with van der Waals surface area (Å²) in [7, 11) is 0. The summed E-state index contributed by atoms with van der Waals surface area (Å²) < 4.78 is 31.1. The van der Waals surface area contributed by atoms with E-state index in [2.05, 4.69) is 19.2 Å². The summed E-state index contributed by atoms with van der Waals surface area (Å²) in [6.45, 7) is 6.90. The van der Waals surface area contributed by atoms with Crippen LogP contribution in [0.2, 0.25) is 0 Å². The lowest BCUT2D eigenvalue weighted by molar-refractivity contribution is 0.301. The van der Waals surface area contributed by atoms with E-state index in [1.807, 2.05) is 0 Å². The summed E-state index contributed by atoms with van der Waals surface area (Å²) in [4.78, 5) is 0. The number of hydrogen-bond acceptors (Lipinski definition) is 2. The van der Waals surface area contributed by atoms with Gasteiger partial charge in [-0.25, -0.2) is 8.78 Å². The van der Waals surface area contributed by atoms with Crippen LogP contribution in [0, 0.1) is 17.6 Å². The van der Waals surface area contributed by atoms with Crippen LogP contribution < -0.4 is 10.1 Å². The fraction of sp³-hybridized carbons (Fsp3) is 0.600. The van der Waals surface area contributed by atoms with Gasteiger partial charge in [0.15, 0.2) is 0 Å². The van der Waals surface area contributed by atoms with Gasteiger partial charge in [-0.1, -0.05) is 13.8 Å². The van der Waals surface area contributed by atoms with Gasteiger partial charge in [0.2, 0.25) is 0 Å². The van der Waals surface area contributed by atoms with Crippen molar-refractivity contribution in [3.05, 3.63) is 29.8 Å². The van der Waals surface area contributed by atoms with Crippen molar-refractivity contribution in [2.45, 2.75) is 33.1 Å². The minimum atomic E-state index is -0.604. The lowest BCUT2D eigenvalue weighted by atomic mass is 10.2. The fourth-order valence-corrected chi connectivity index (χ4v) is 1.72. The number of benzene rings is 1. The molecule has 0 aliphatic carbocycles. The van der Waals surface area contributed by atoms with Crippen LogP contribution in [0.25, 0.3) is 0 Å². The molecule has 4 heteroatoms. The standard InChI is InChI=1S/C15H23F2NO/c1-12(2)11-18-6-4-3-5-7-19-15-9-13(16)8-14(17)10-15/h8-10,12,18H,3-7,11H2,1-2H3. The lowest BCUT2D eigenvalue weighted by Crippen LogP contribution is -2.20. The Kier molecular flexibility index (Phi) is 7.41. The molecule has 0 heterocycles. The molecule has 0 radical (unpaired) electrons. The molecule has 0 unspecified atom stereocenters. The van der Waals surface area contributed by atoms with Gasteiger partial charge >= 0.3 is 0 Å². The number of ether oxygens (including phenoxy) is 1. The van der Waals surface area contributed by atoms with E-state index in [-0.39, 0.29) is 5.75 Å². The van der Waals surface area contributed by atoms with Crippen molar-refractivity contribution in [1.29, 1.82) is 0 Å². The Morgan fingerprint density at radius 1 is 1.05 bits per heavy atom. The first-order valence-corrected chi connectivity index (χ1v) is 6.87. The van der Waals surface area contributed by atoms with Crippen LogP contribution in [-0.4, -0.2) is 19.7 Å². The predicted molar refractivity (Wildman–Crippen MR) is 73.4 cm³/mol. The summed E-state index contributed by atoms with van der Waals surface area (Å²) in [6, 6.07) is 3.24. The van der Waals surface area contributed by atoms with Crippen LogP contribution >= 0.6 is 0 Å². The van der Waals surface area contributed by atoms with Gasteiger partial charge in [-0.05, 0) is 38.3 Å². The van der Waals surface area contributed by atoms with Crippen LogP contribution in [0.15, 0.2) is 18.2 Å². The van der Waals surface area contributed by atoms with Gasteiger partial charge in [0, 0.05) is 18.2 Å². The Hall–Kier alpha value is -1.16. The van der Waals surface area contributed by atoms with Crippen molar-refractivity contribution in [2.24, 2.45) is 5.92 Å². The van der Waals surface area contributed by atoms with Crippen molar-refractivity contribution in [1.82, 2.24) is 5.32 Å². The average molecular weight is 271 g/mol. The maximum atomic E-state index is 12.9. The second-order valence-corrected chi connectivity index (χ2v) is 5.11. The molecule has 0 saturated carbocycles. The normalized spacial score (nSPS) is 11.0. The highest BCUT2D eigenvalue weighted by atomic mass is 19.1. The summed E-state index contributed by atoms with van der Waals surface area (Å²) in [6.07, 6.45) is 3.03. The molecule has 0 bridgehead atoms. The molecule has 1 rings (SSSR count). The highest BCUT2D eigenvalue weighted by molar-refractivity contribution is 5.23. The van der Waals surface area contributed by atoms with Crippen LogP contribution in [0.1, 0.15) is 33.1 Å². The summed E-state index contributed by atoms with van der Waals surface area (Å²) in [5, 5.41) is 3.37. The lowest BCUT2D eigenvalue weighted by Gasteiger charge is -2.08. The Balaban J connectivity index is 2.04. The molecule has 0 fully saturated rings. The van der Waals surface area contributed by atoms with Gasteiger partial charge in [0.05, 0.1) is 6.61 Å². The average Bonchev–Trinajstić information content (AvgIpc) is 2.31. The Morgan fingerprint density at radius 2 is 1.74 bits per heavy atom. The number of hydrogen-bond donors (Lipinski definition) is 1. The Morgan fingerprint density at radius 3 is 2.37 bits per heavy atom. The van der Waals surface area contributed by atoms with Crippen LogP contribution in [-0.2, 0) is 0 Å². The maximum Gasteiger partial charge on any atom is 0.129 e. The SMILES string of the molecule is CC(C)CNCCCCCOc1cc(F)cc(F)c1. The number of unbranched alkanes of at least 4 members (excludes halogenated alkanes) is 2. The van der Waals surface area contributed by atoms with E-state index in [0.717, 1.165) is 38.4 Å². The first-order chi connectivity index (χ1) is 9.08. The van der Waals surface area contributed by atoms with Gasteiger partial charge in [0.1, 0.15) is 17.4 Å². The van der Waals surface area contributed by atoms with Gasteiger partial charge in [0.25, 0.3) is 0 Å². The van der Waals surface area contributed by atoms with E-state index < -0.39 is 11.6 Å². The molecule has 1 aromatic rings. The monoisotopic (exact) mass is 271 g/mol. The zero-order chi connectivity index (χ0) is 14.1. The Labute approximate surface area is 114 Å². The minimum absolute atomic E-state index is 0.260. The first-order valence-electron chi connectivity index (χ1n) is 6.87. The fourth-order valence-electron chi connectivity index (χ4n) is 1.72. The topological polar surface area (TPSA) is 21.3 Å². The largest absolute Gasteiger partial charge is 0.493 e. The molecule has 0 spiro atoms. The molecule has 0 aliphatic rings. The van der Waals surface area contributed by atoms with Crippen molar-refractivity contribution in [2.75, 3.05) is 19.7 Å². The van der Waals surface area contributed by atoms with Gasteiger partial charge in [-0.3, -0.25) is 0 Å². The second-order valence-electron chi connectivity index (χ2n) is 5.11. The third kappa shape index (κ3) is 7.78. The molecule has 1 N–H and O–H groups in total. The zero-order valence-electron chi connectivity index (χ0n) is 11.7. The van der Waals surface area contributed by atoms with E-state index in [9.17, 15) is 8.78 Å². The molecule has 1 aromatic carbocycles. The molecule has 19 heavy (non-hydrogen) atoms. The van der Waals surface area contributed by atoms with E-state index in [0.29, 0.717) is 12.5 Å². The van der Waals surface area contributed by atoms with Crippen molar-refractivity contribution in [3.63, 3.8) is 0 Å². The molecule has 108 valence electrons. The smallest absolute Gasteiger partial charge is 0.129 e. The molecule has 0 aliphatic heterocycles. The minimum Gasteiger partial charge on any atom is -0.493 e. The summed E-state index contributed by atoms with van der Waals surface area (Å²) in [5.74, 6) is -0.276. The molecule has 2 nitrogen and oxygen atoms in total. The third-order valence-corrected chi connectivity index (χ3v) is 2.66. The molecule has 0 amide bonds. The molecule has 0 saturated heterocycles. The summed E-state index contributed by atoms with van der Waals surface area (Å²) >= 11 is 0. The van der Waals surface area contributed by atoms with Crippen molar-refractivity contribution in [3.8, 4) is 5.75 Å². The van der Waals surface area contributed by atoms with Crippen LogP contribution in [0.5, 0.6) is 5.75 Å². The van der Waals surface area contributed by atoms with Crippen LogP contribution in [0.3, 0.4) is 0 Å². The van der Waals surface area contributed by atoms with E-state index >= 15 is 0 Å². The summed E-state index contributed by atoms with van der Waals surface area (Å²) in [5.41, 5.74) is 0. The maximum absolute atomic E-state index is 12.9. The predicted octanol–water partition coefficient (Wildman–Crippen LogP) is 3.76.